The van der Waals surface area contributed by atoms with E-state index < -0.39 is 0 Å². The molecular weight excluding hydrogens is 363 g/mol. The number of aromatic nitrogens is 1. The zero-order valence-corrected chi connectivity index (χ0v) is 15.4. The lowest BCUT2D eigenvalue weighted by Crippen LogP contribution is -2.09. The van der Waals surface area contributed by atoms with Crippen molar-refractivity contribution in [1.82, 2.24) is 4.98 Å². The molecule has 0 saturated heterocycles. The van der Waals surface area contributed by atoms with Crippen LogP contribution in [0.1, 0.15) is 23.1 Å². The zero-order chi connectivity index (χ0) is 19.0. The number of halogens is 2. The van der Waals surface area contributed by atoms with Gasteiger partial charge in [-0.1, -0.05) is 29.8 Å². The van der Waals surface area contributed by atoms with E-state index in [1.54, 1.807) is 24.4 Å². The van der Waals surface area contributed by atoms with Gasteiger partial charge in [0.25, 0.3) is 0 Å². The summed E-state index contributed by atoms with van der Waals surface area (Å²) in [4.78, 5) is 21.1. The molecule has 27 heavy (non-hydrogen) atoms. The Morgan fingerprint density at radius 1 is 1.00 bits per heavy atom. The Kier molecular flexibility index (Phi) is 4.58. The van der Waals surface area contributed by atoms with Gasteiger partial charge in [-0.05, 0) is 53.9 Å². The molecular formula is C22H16ClFN2O. The van der Waals surface area contributed by atoms with Crippen LogP contribution in [0.5, 0.6) is 0 Å². The van der Waals surface area contributed by atoms with Crippen molar-refractivity contribution >= 4 is 28.8 Å². The van der Waals surface area contributed by atoms with Crippen molar-refractivity contribution < 1.29 is 9.18 Å². The molecule has 0 unspecified atom stereocenters. The minimum atomic E-state index is -0.273. The average Bonchev–Trinajstić information content (AvgIpc) is 2.79. The number of carbonyl (C=O) groups excluding carboxylic acids is 1. The predicted octanol–water partition coefficient (Wildman–Crippen LogP) is 5.49. The number of carbonyl (C=O) groups is 1. The molecule has 0 spiro atoms. The quantitative estimate of drug-likeness (QED) is 0.553. The molecule has 3 aromatic rings. The molecule has 0 N–H and O–H groups in total. The largest absolute Gasteiger partial charge is 0.299 e. The Bertz CT molecular complexity index is 1090. The third-order valence-corrected chi connectivity index (χ3v) is 4.79. The molecule has 0 amide bonds. The molecule has 3 nitrogen and oxygen atoms in total. The van der Waals surface area contributed by atoms with Crippen LogP contribution in [0.15, 0.2) is 59.7 Å². The number of hydrogen-bond donors (Lipinski definition) is 0. The highest BCUT2D eigenvalue weighted by molar-refractivity contribution is 6.30. The Labute approximate surface area is 161 Å². The minimum absolute atomic E-state index is 0.0574. The number of hydrogen-bond acceptors (Lipinski definition) is 3. The van der Waals surface area contributed by atoms with Crippen molar-refractivity contribution in [3.63, 3.8) is 0 Å². The van der Waals surface area contributed by atoms with Gasteiger partial charge in [-0.15, -0.1) is 0 Å². The number of benzene rings is 2. The smallest absolute Gasteiger partial charge is 0.143 e. The second kappa shape index (κ2) is 7.05. The monoisotopic (exact) mass is 378 g/mol. The van der Waals surface area contributed by atoms with E-state index in [2.05, 4.69) is 9.98 Å². The first-order valence-corrected chi connectivity index (χ1v) is 8.98. The fourth-order valence-electron chi connectivity index (χ4n) is 3.25. The van der Waals surface area contributed by atoms with Gasteiger partial charge < -0.3 is 0 Å². The average molecular weight is 379 g/mol. The highest BCUT2D eigenvalue weighted by atomic mass is 35.5. The van der Waals surface area contributed by atoms with Gasteiger partial charge in [-0.25, -0.2) is 9.37 Å². The molecule has 0 bridgehead atoms. The van der Waals surface area contributed by atoms with Crippen molar-refractivity contribution in [2.45, 2.75) is 19.8 Å². The maximum atomic E-state index is 14.3. The van der Waals surface area contributed by atoms with Crippen LogP contribution in [-0.4, -0.2) is 16.5 Å². The van der Waals surface area contributed by atoms with Crippen molar-refractivity contribution in [2.24, 2.45) is 4.99 Å². The molecule has 1 aromatic heterocycles. The summed E-state index contributed by atoms with van der Waals surface area (Å²) in [5.41, 5.74) is 5.09. The van der Waals surface area contributed by atoms with Crippen LogP contribution in [0.25, 0.3) is 11.1 Å². The summed E-state index contributed by atoms with van der Waals surface area (Å²) >= 11 is 5.97. The molecule has 0 fully saturated rings. The first kappa shape index (κ1) is 17.6. The highest BCUT2D eigenvalue weighted by Gasteiger charge is 2.19. The summed E-state index contributed by atoms with van der Waals surface area (Å²) in [5, 5.41) is 0.359. The minimum Gasteiger partial charge on any atom is -0.299 e. The van der Waals surface area contributed by atoms with E-state index in [1.807, 2.05) is 31.2 Å². The van der Waals surface area contributed by atoms with Crippen molar-refractivity contribution in [3.05, 3.63) is 82.4 Å². The van der Waals surface area contributed by atoms with Gasteiger partial charge in [-0.2, -0.15) is 0 Å². The summed E-state index contributed by atoms with van der Waals surface area (Å²) in [6.07, 6.45) is 2.09. The van der Waals surface area contributed by atoms with Gasteiger partial charge >= 0.3 is 0 Å². The van der Waals surface area contributed by atoms with Crippen LogP contribution >= 0.6 is 11.6 Å². The maximum Gasteiger partial charge on any atom is 0.143 e. The van der Waals surface area contributed by atoms with Crippen molar-refractivity contribution in [2.75, 3.05) is 0 Å². The van der Waals surface area contributed by atoms with Crippen LogP contribution in [0.3, 0.4) is 0 Å². The SMILES string of the molecule is Cc1ccc(-c2ccc3c(c2)CC(=O)CC(c2ccnc(Cl)c2)=N3)c(F)c1. The number of rotatable bonds is 2. The summed E-state index contributed by atoms with van der Waals surface area (Å²) in [5.74, 6) is -0.215. The number of aliphatic imine (C=N–C) groups is 1. The number of nitrogens with zero attached hydrogens (tertiary/aromatic N) is 2. The first-order valence-electron chi connectivity index (χ1n) is 8.60. The molecule has 0 aliphatic carbocycles. The van der Waals surface area contributed by atoms with Gasteiger partial charge in [0.2, 0.25) is 0 Å². The van der Waals surface area contributed by atoms with Gasteiger partial charge in [0, 0.05) is 30.2 Å². The molecule has 1 aliphatic heterocycles. The third kappa shape index (κ3) is 3.67. The number of pyridine rings is 1. The van der Waals surface area contributed by atoms with E-state index in [9.17, 15) is 9.18 Å². The van der Waals surface area contributed by atoms with E-state index in [-0.39, 0.29) is 24.4 Å². The van der Waals surface area contributed by atoms with E-state index in [1.165, 1.54) is 6.07 Å². The highest BCUT2D eigenvalue weighted by Crippen LogP contribution is 2.32. The molecule has 4 rings (SSSR count). The fourth-order valence-corrected chi connectivity index (χ4v) is 3.43. The number of fused-ring (bicyclic) bond motifs is 1. The van der Waals surface area contributed by atoms with E-state index in [0.29, 0.717) is 16.4 Å². The van der Waals surface area contributed by atoms with E-state index >= 15 is 0 Å². The molecule has 134 valence electrons. The number of Topliss-reactive ketones (excluding diaryl/α,β-unsaturated/α-hetero) is 1. The number of ketones is 1. The fraction of sp³-hybridized carbons (Fsp3) is 0.136. The van der Waals surface area contributed by atoms with Crippen LogP contribution in [-0.2, 0) is 11.2 Å². The molecule has 1 aliphatic rings. The predicted molar refractivity (Wildman–Crippen MR) is 105 cm³/mol. The van der Waals surface area contributed by atoms with Crippen molar-refractivity contribution in [1.29, 1.82) is 0 Å². The lowest BCUT2D eigenvalue weighted by atomic mass is 9.97. The number of aryl methyl sites for hydroxylation is 1. The molecule has 2 heterocycles. The van der Waals surface area contributed by atoms with Gasteiger partial charge in [0.1, 0.15) is 16.8 Å². The van der Waals surface area contributed by atoms with E-state index in [4.69, 9.17) is 11.6 Å². The summed E-state index contributed by atoms with van der Waals surface area (Å²) in [7, 11) is 0. The zero-order valence-electron chi connectivity index (χ0n) is 14.7. The Hall–Kier alpha value is -2.85. The Morgan fingerprint density at radius 2 is 1.85 bits per heavy atom. The topological polar surface area (TPSA) is 42.3 Å². The molecule has 0 atom stereocenters. The van der Waals surface area contributed by atoms with Crippen LogP contribution < -0.4 is 0 Å². The normalized spacial score (nSPS) is 13.7. The standard InChI is InChI=1S/C22H16ClFN2O/c1-13-2-4-18(19(24)8-13)14-3-5-20-16(9-14)10-17(27)12-21(26-20)15-6-7-25-22(23)11-15/h2-9,11H,10,12H2,1H3. The molecule has 2 aromatic carbocycles. The molecule has 0 radical (unpaired) electrons. The molecule has 5 heteroatoms. The summed E-state index contributed by atoms with van der Waals surface area (Å²) < 4.78 is 14.3. The molecule has 0 saturated carbocycles. The van der Waals surface area contributed by atoms with Gasteiger partial charge in [0.15, 0.2) is 0 Å². The Morgan fingerprint density at radius 3 is 2.63 bits per heavy atom. The summed E-state index contributed by atoms with van der Waals surface area (Å²) in [6.45, 7) is 1.85. The first-order chi connectivity index (χ1) is 13.0. The lowest BCUT2D eigenvalue weighted by Gasteiger charge is -2.09. The summed E-state index contributed by atoms with van der Waals surface area (Å²) in [6, 6.07) is 14.2. The van der Waals surface area contributed by atoms with Crippen LogP contribution in [0, 0.1) is 12.7 Å². The van der Waals surface area contributed by atoms with Crippen LogP contribution in [0.4, 0.5) is 10.1 Å². The van der Waals surface area contributed by atoms with E-state index in [0.717, 1.165) is 27.9 Å². The van der Waals surface area contributed by atoms with Gasteiger partial charge in [-0.3, -0.25) is 9.79 Å². The second-order valence-corrected chi connectivity index (χ2v) is 7.03. The second-order valence-electron chi connectivity index (χ2n) is 6.64. The van der Waals surface area contributed by atoms with Crippen molar-refractivity contribution in [3.8, 4) is 11.1 Å². The van der Waals surface area contributed by atoms with Crippen LogP contribution in [0.2, 0.25) is 5.15 Å². The lowest BCUT2D eigenvalue weighted by molar-refractivity contribution is -0.117. The third-order valence-electron chi connectivity index (χ3n) is 4.58. The van der Waals surface area contributed by atoms with Gasteiger partial charge in [0.05, 0.1) is 11.4 Å². The Balaban J connectivity index is 1.79. The maximum absolute atomic E-state index is 14.3.